The normalized spacial score (nSPS) is 13.7. The van der Waals surface area contributed by atoms with Crippen molar-refractivity contribution in [3.63, 3.8) is 0 Å². The smallest absolute Gasteiger partial charge is 0.278 e. The number of carbonyl (C=O) groups excluding carboxylic acids is 2. The molecule has 2 amide bonds. The Hall–Kier alpha value is -3.93. The van der Waals surface area contributed by atoms with E-state index >= 15 is 0 Å². The van der Waals surface area contributed by atoms with Crippen LogP contribution in [0.15, 0.2) is 84.6 Å². The number of hydrogen-bond acceptors (Lipinski definition) is 4. The van der Waals surface area contributed by atoms with Crippen LogP contribution in [0, 0.1) is 5.82 Å². The maximum Gasteiger partial charge on any atom is 0.278 e. The Labute approximate surface area is 186 Å². The molecule has 0 unspecified atom stereocenters. The van der Waals surface area contributed by atoms with E-state index in [1.807, 2.05) is 42.5 Å². The molecular formula is C26H23FN2O3. The van der Waals surface area contributed by atoms with E-state index in [1.165, 1.54) is 29.2 Å². The summed E-state index contributed by atoms with van der Waals surface area (Å²) in [6.45, 7) is 0.589. The molecule has 0 N–H and O–H groups in total. The molecule has 0 atom stereocenters. The Balaban J connectivity index is 1.69. The summed E-state index contributed by atoms with van der Waals surface area (Å²) in [6, 6.07) is 22.6. The van der Waals surface area contributed by atoms with E-state index in [9.17, 15) is 14.0 Å². The van der Waals surface area contributed by atoms with Gasteiger partial charge >= 0.3 is 0 Å². The zero-order valence-corrected chi connectivity index (χ0v) is 17.9. The first-order valence-corrected chi connectivity index (χ1v) is 10.2. The molecule has 1 aliphatic rings. The van der Waals surface area contributed by atoms with Gasteiger partial charge in [0, 0.05) is 13.6 Å². The molecule has 0 saturated heterocycles. The predicted octanol–water partition coefficient (Wildman–Crippen LogP) is 4.25. The van der Waals surface area contributed by atoms with Crippen molar-refractivity contribution in [3.8, 4) is 5.75 Å². The largest absolute Gasteiger partial charge is 0.497 e. The molecule has 4 rings (SSSR count). The van der Waals surface area contributed by atoms with Gasteiger partial charge in [0.15, 0.2) is 0 Å². The summed E-state index contributed by atoms with van der Waals surface area (Å²) in [5, 5.41) is 0. The van der Waals surface area contributed by atoms with Gasteiger partial charge in [-0.3, -0.25) is 14.5 Å². The molecule has 0 bridgehead atoms. The van der Waals surface area contributed by atoms with Gasteiger partial charge in [0.2, 0.25) is 0 Å². The third kappa shape index (κ3) is 4.25. The van der Waals surface area contributed by atoms with E-state index in [0.717, 1.165) is 11.1 Å². The highest BCUT2D eigenvalue weighted by molar-refractivity contribution is 6.35. The van der Waals surface area contributed by atoms with E-state index in [2.05, 4.69) is 0 Å². The molecule has 0 fully saturated rings. The highest BCUT2D eigenvalue weighted by atomic mass is 19.1. The summed E-state index contributed by atoms with van der Waals surface area (Å²) in [7, 11) is 3.37. The van der Waals surface area contributed by atoms with Gasteiger partial charge in [0.05, 0.1) is 19.2 Å². The zero-order chi connectivity index (χ0) is 22.7. The van der Waals surface area contributed by atoms with E-state index in [0.29, 0.717) is 23.6 Å². The molecule has 0 saturated carbocycles. The minimum absolute atomic E-state index is 0.134. The lowest BCUT2D eigenvalue weighted by molar-refractivity contribution is -0.138. The van der Waals surface area contributed by atoms with Gasteiger partial charge in [-0.1, -0.05) is 54.6 Å². The van der Waals surface area contributed by atoms with Crippen LogP contribution in [-0.2, 0) is 22.7 Å². The van der Waals surface area contributed by atoms with Crippen LogP contribution in [0.5, 0.6) is 5.75 Å². The number of carbonyl (C=O) groups is 2. The SMILES string of the molecule is COc1ccc(CN2C(=O)C(c3ccc(F)cc3)=C(N(C)Cc3ccccc3)C2=O)cc1. The lowest BCUT2D eigenvalue weighted by Gasteiger charge is -2.21. The molecule has 5 nitrogen and oxygen atoms in total. The van der Waals surface area contributed by atoms with Crippen molar-refractivity contribution in [1.82, 2.24) is 9.80 Å². The molecule has 3 aromatic rings. The summed E-state index contributed by atoms with van der Waals surface area (Å²) in [5.41, 5.74) is 2.91. The molecule has 6 heteroatoms. The summed E-state index contributed by atoms with van der Waals surface area (Å²) in [5.74, 6) is -0.474. The van der Waals surface area contributed by atoms with Crippen LogP contribution in [0.2, 0.25) is 0 Å². The highest BCUT2D eigenvalue weighted by Gasteiger charge is 2.40. The molecule has 0 spiro atoms. The maximum atomic E-state index is 13.5. The van der Waals surface area contributed by atoms with Crippen molar-refractivity contribution < 1.29 is 18.7 Å². The second-order valence-corrected chi connectivity index (χ2v) is 7.62. The molecule has 0 aliphatic carbocycles. The highest BCUT2D eigenvalue weighted by Crippen LogP contribution is 2.33. The second kappa shape index (κ2) is 9.06. The first-order valence-electron chi connectivity index (χ1n) is 10.2. The minimum atomic E-state index is -0.402. The number of amides is 2. The number of imide groups is 1. The standard InChI is InChI=1S/C26H23FN2O3/c1-28(16-18-6-4-3-5-7-18)24-23(20-10-12-21(27)13-11-20)25(30)29(26(24)31)17-19-8-14-22(32-2)15-9-19/h3-15H,16-17H2,1-2H3. The molecule has 1 aliphatic heterocycles. The molecule has 0 radical (unpaired) electrons. The first-order chi connectivity index (χ1) is 15.5. The monoisotopic (exact) mass is 430 g/mol. The second-order valence-electron chi connectivity index (χ2n) is 7.62. The van der Waals surface area contributed by atoms with Crippen LogP contribution in [0.4, 0.5) is 4.39 Å². The lowest BCUT2D eigenvalue weighted by Crippen LogP contribution is -2.33. The molecule has 0 aromatic heterocycles. The number of likely N-dealkylation sites (N-methyl/N-ethyl adjacent to an activating group) is 1. The van der Waals surface area contributed by atoms with Crippen LogP contribution >= 0.6 is 0 Å². The van der Waals surface area contributed by atoms with Crippen LogP contribution in [-0.4, -0.2) is 35.8 Å². The molecule has 3 aromatic carbocycles. The number of ether oxygens (including phenoxy) is 1. The van der Waals surface area contributed by atoms with E-state index in [1.54, 1.807) is 31.2 Å². The number of methoxy groups -OCH3 is 1. The minimum Gasteiger partial charge on any atom is -0.497 e. The average Bonchev–Trinajstić information content (AvgIpc) is 3.05. The molecule has 32 heavy (non-hydrogen) atoms. The van der Waals surface area contributed by atoms with Crippen LogP contribution in [0.1, 0.15) is 16.7 Å². The molecular weight excluding hydrogens is 407 g/mol. The van der Waals surface area contributed by atoms with Gasteiger partial charge in [-0.25, -0.2) is 4.39 Å². The van der Waals surface area contributed by atoms with Gasteiger partial charge < -0.3 is 9.64 Å². The number of halogens is 1. The Morgan fingerprint density at radius 1 is 0.844 bits per heavy atom. The summed E-state index contributed by atoms with van der Waals surface area (Å²) >= 11 is 0. The van der Waals surface area contributed by atoms with Crippen molar-refractivity contribution in [2.75, 3.05) is 14.2 Å². The fraction of sp³-hybridized carbons (Fsp3) is 0.154. The Bertz CT molecular complexity index is 1160. The Morgan fingerprint density at radius 3 is 2.12 bits per heavy atom. The van der Waals surface area contributed by atoms with Gasteiger partial charge in [-0.2, -0.15) is 0 Å². The third-order valence-electron chi connectivity index (χ3n) is 5.42. The summed E-state index contributed by atoms with van der Waals surface area (Å²) in [4.78, 5) is 29.8. The third-order valence-corrected chi connectivity index (χ3v) is 5.42. The summed E-state index contributed by atoms with van der Waals surface area (Å²) in [6.07, 6.45) is 0. The number of benzene rings is 3. The first kappa shape index (κ1) is 21.3. The summed E-state index contributed by atoms with van der Waals surface area (Å²) < 4.78 is 18.7. The van der Waals surface area contributed by atoms with Crippen molar-refractivity contribution in [2.24, 2.45) is 0 Å². The van der Waals surface area contributed by atoms with E-state index in [4.69, 9.17) is 4.74 Å². The van der Waals surface area contributed by atoms with E-state index < -0.39 is 11.7 Å². The Morgan fingerprint density at radius 2 is 1.50 bits per heavy atom. The van der Waals surface area contributed by atoms with Crippen LogP contribution in [0.3, 0.4) is 0 Å². The predicted molar refractivity (Wildman–Crippen MR) is 120 cm³/mol. The van der Waals surface area contributed by atoms with Gasteiger partial charge in [-0.15, -0.1) is 0 Å². The number of hydrogen-bond donors (Lipinski definition) is 0. The van der Waals surface area contributed by atoms with Gasteiger partial charge in [0.1, 0.15) is 17.3 Å². The van der Waals surface area contributed by atoms with E-state index in [-0.39, 0.29) is 18.0 Å². The van der Waals surface area contributed by atoms with Crippen LogP contribution in [0.25, 0.3) is 5.57 Å². The number of rotatable bonds is 7. The van der Waals surface area contributed by atoms with Gasteiger partial charge in [0.25, 0.3) is 11.8 Å². The molecule has 1 heterocycles. The molecule has 162 valence electrons. The van der Waals surface area contributed by atoms with Gasteiger partial charge in [-0.05, 0) is 41.0 Å². The van der Waals surface area contributed by atoms with Crippen LogP contribution < -0.4 is 4.74 Å². The topological polar surface area (TPSA) is 49.9 Å². The quantitative estimate of drug-likeness (QED) is 0.526. The fourth-order valence-corrected chi connectivity index (χ4v) is 3.79. The van der Waals surface area contributed by atoms with Crippen molar-refractivity contribution >= 4 is 17.4 Å². The van der Waals surface area contributed by atoms with Crippen molar-refractivity contribution in [2.45, 2.75) is 13.1 Å². The zero-order valence-electron chi connectivity index (χ0n) is 17.9. The lowest BCUT2D eigenvalue weighted by atomic mass is 10.0. The average molecular weight is 430 g/mol. The maximum absolute atomic E-state index is 13.5. The van der Waals surface area contributed by atoms with Crippen molar-refractivity contribution in [1.29, 1.82) is 0 Å². The Kier molecular flexibility index (Phi) is 6.03. The number of nitrogens with zero attached hydrogens (tertiary/aromatic N) is 2. The fourth-order valence-electron chi connectivity index (χ4n) is 3.79. The van der Waals surface area contributed by atoms with Crippen molar-refractivity contribution in [3.05, 3.63) is 107 Å².